The third kappa shape index (κ3) is 3.92. The Kier molecular flexibility index (Phi) is 4.79. The lowest BCUT2D eigenvalue weighted by Crippen LogP contribution is -2.42. The molecular formula is C12H19ClN4O2. The third-order valence-corrected chi connectivity index (χ3v) is 3.35. The van der Waals surface area contributed by atoms with Crippen LogP contribution < -0.4 is 10.9 Å². The number of anilines is 1. The zero-order chi connectivity index (χ0) is 13.8. The van der Waals surface area contributed by atoms with Crippen LogP contribution in [0, 0.1) is 6.92 Å². The number of aromatic amines is 1. The Labute approximate surface area is 117 Å². The molecule has 1 fully saturated rings. The molecule has 7 heteroatoms. The number of hydrogen-bond acceptors (Lipinski definition) is 5. The van der Waals surface area contributed by atoms with E-state index in [-0.39, 0.29) is 16.6 Å². The molecule has 0 saturated carbocycles. The second kappa shape index (κ2) is 6.36. The van der Waals surface area contributed by atoms with Crippen molar-refractivity contribution >= 4 is 17.4 Å². The fraction of sp³-hybridized carbons (Fsp3) is 0.667. The lowest BCUT2D eigenvalue weighted by atomic mass is 10.3. The number of hydrogen-bond donors (Lipinski definition) is 2. The highest BCUT2D eigenvalue weighted by Gasteiger charge is 2.15. The summed E-state index contributed by atoms with van der Waals surface area (Å²) >= 11 is 5.95. The maximum absolute atomic E-state index is 11.5. The van der Waals surface area contributed by atoms with E-state index in [0.717, 1.165) is 32.8 Å². The molecule has 0 radical (unpaired) electrons. The largest absolute Gasteiger partial charge is 0.379 e. The van der Waals surface area contributed by atoms with Crippen molar-refractivity contribution in [2.24, 2.45) is 0 Å². The number of rotatable bonds is 4. The van der Waals surface area contributed by atoms with Crippen LogP contribution in [-0.4, -0.2) is 53.8 Å². The highest BCUT2D eigenvalue weighted by molar-refractivity contribution is 6.32. The molecule has 0 aromatic carbocycles. The van der Waals surface area contributed by atoms with Gasteiger partial charge in [0.15, 0.2) is 5.82 Å². The number of nitrogens with one attached hydrogen (secondary N) is 2. The van der Waals surface area contributed by atoms with E-state index >= 15 is 0 Å². The minimum absolute atomic E-state index is 0.111. The molecule has 0 unspecified atom stereocenters. The van der Waals surface area contributed by atoms with Gasteiger partial charge in [0.1, 0.15) is 10.8 Å². The maximum atomic E-state index is 11.5. The second-order valence-electron chi connectivity index (χ2n) is 4.77. The molecule has 1 aliphatic heterocycles. The Morgan fingerprint density at radius 2 is 2.21 bits per heavy atom. The van der Waals surface area contributed by atoms with Gasteiger partial charge in [-0.1, -0.05) is 11.6 Å². The summed E-state index contributed by atoms with van der Waals surface area (Å²) in [5.74, 6) is 0.999. The molecule has 1 aromatic heterocycles. The lowest BCUT2D eigenvalue weighted by molar-refractivity contribution is 0.0368. The van der Waals surface area contributed by atoms with Crippen LogP contribution >= 0.6 is 11.6 Å². The van der Waals surface area contributed by atoms with Gasteiger partial charge in [-0.2, -0.15) is 0 Å². The SMILES string of the molecule is Cc1nc(N[C@H](C)CN2CCOCC2)c(Cl)c(=O)[nH]1. The Morgan fingerprint density at radius 3 is 2.89 bits per heavy atom. The predicted molar refractivity (Wildman–Crippen MR) is 74.9 cm³/mol. The van der Waals surface area contributed by atoms with Crippen molar-refractivity contribution in [1.82, 2.24) is 14.9 Å². The van der Waals surface area contributed by atoms with Crippen molar-refractivity contribution in [2.45, 2.75) is 19.9 Å². The van der Waals surface area contributed by atoms with Gasteiger partial charge in [-0.15, -0.1) is 0 Å². The summed E-state index contributed by atoms with van der Waals surface area (Å²) < 4.78 is 5.31. The zero-order valence-corrected chi connectivity index (χ0v) is 12.0. The molecule has 1 atom stereocenters. The average molecular weight is 287 g/mol. The smallest absolute Gasteiger partial charge is 0.271 e. The molecule has 0 spiro atoms. The molecule has 2 heterocycles. The molecule has 6 nitrogen and oxygen atoms in total. The number of nitrogens with zero attached hydrogens (tertiary/aromatic N) is 2. The van der Waals surface area contributed by atoms with Gasteiger partial charge < -0.3 is 15.0 Å². The quantitative estimate of drug-likeness (QED) is 0.859. The first kappa shape index (κ1) is 14.3. The van der Waals surface area contributed by atoms with Crippen molar-refractivity contribution in [3.63, 3.8) is 0 Å². The van der Waals surface area contributed by atoms with Crippen molar-refractivity contribution in [3.05, 3.63) is 21.2 Å². The van der Waals surface area contributed by atoms with E-state index < -0.39 is 0 Å². The molecule has 0 aliphatic carbocycles. The van der Waals surface area contributed by atoms with E-state index in [1.807, 2.05) is 6.92 Å². The van der Waals surface area contributed by atoms with Crippen LogP contribution in [0.3, 0.4) is 0 Å². The summed E-state index contributed by atoms with van der Waals surface area (Å²) in [5.41, 5.74) is -0.310. The summed E-state index contributed by atoms with van der Waals surface area (Å²) in [4.78, 5) is 20.6. The lowest BCUT2D eigenvalue weighted by Gasteiger charge is -2.29. The Morgan fingerprint density at radius 1 is 1.53 bits per heavy atom. The van der Waals surface area contributed by atoms with Gasteiger partial charge in [-0.3, -0.25) is 9.69 Å². The van der Waals surface area contributed by atoms with Gasteiger partial charge in [0.25, 0.3) is 5.56 Å². The molecule has 0 bridgehead atoms. The molecule has 1 aliphatic rings. The normalized spacial score (nSPS) is 18.3. The summed E-state index contributed by atoms with van der Waals surface area (Å²) in [5, 5.41) is 3.30. The number of morpholine rings is 1. The summed E-state index contributed by atoms with van der Waals surface area (Å²) in [6.45, 7) is 8.06. The Hall–Kier alpha value is -1.11. The molecule has 19 heavy (non-hydrogen) atoms. The highest BCUT2D eigenvalue weighted by atomic mass is 35.5. The van der Waals surface area contributed by atoms with Crippen molar-refractivity contribution < 1.29 is 4.74 Å². The minimum atomic E-state index is -0.310. The second-order valence-corrected chi connectivity index (χ2v) is 5.15. The summed E-state index contributed by atoms with van der Waals surface area (Å²) in [6.07, 6.45) is 0. The van der Waals surface area contributed by atoms with E-state index in [4.69, 9.17) is 16.3 Å². The van der Waals surface area contributed by atoms with E-state index in [2.05, 4.69) is 20.2 Å². The van der Waals surface area contributed by atoms with Gasteiger partial charge in [0.05, 0.1) is 13.2 Å². The standard InChI is InChI=1S/C12H19ClN4O2/c1-8(7-17-3-5-19-6-4-17)14-11-10(13)12(18)16-9(2)15-11/h8H,3-7H2,1-2H3,(H2,14,15,16,18)/t8-/m1/s1. The molecule has 1 aromatic rings. The first-order chi connectivity index (χ1) is 9.06. The van der Waals surface area contributed by atoms with Gasteiger partial charge in [-0.25, -0.2) is 4.98 Å². The van der Waals surface area contributed by atoms with Crippen LogP contribution in [0.2, 0.25) is 5.02 Å². The maximum Gasteiger partial charge on any atom is 0.271 e. The first-order valence-corrected chi connectivity index (χ1v) is 6.77. The van der Waals surface area contributed by atoms with Crippen molar-refractivity contribution in [2.75, 3.05) is 38.2 Å². The van der Waals surface area contributed by atoms with Gasteiger partial charge in [0.2, 0.25) is 0 Å². The highest BCUT2D eigenvalue weighted by Crippen LogP contribution is 2.15. The Bertz CT molecular complexity index is 485. The first-order valence-electron chi connectivity index (χ1n) is 6.39. The monoisotopic (exact) mass is 286 g/mol. The van der Waals surface area contributed by atoms with Gasteiger partial charge in [-0.05, 0) is 13.8 Å². The van der Waals surface area contributed by atoms with E-state index in [1.165, 1.54) is 0 Å². The van der Waals surface area contributed by atoms with Crippen molar-refractivity contribution in [1.29, 1.82) is 0 Å². The topological polar surface area (TPSA) is 70.2 Å². The van der Waals surface area contributed by atoms with Crippen LogP contribution in [0.25, 0.3) is 0 Å². The van der Waals surface area contributed by atoms with E-state index in [1.54, 1.807) is 6.92 Å². The fourth-order valence-corrected chi connectivity index (χ4v) is 2.26. The van der Waals surface area contributed by atoms with Crippen LogP contribution in [0.15, 0.2) is 4.79 Å². The molecule has 1 saturated heterocycles. The summed E-state index contributed by atoms with van der Waals surface area (Å²) in [6, 6.07) is 0.157. The number of H-pyrrole nitrogens is 1. The molecular weight excluding hydrogens is 268 g/mol. The predicted octanol–water partition coefficient (Wildman–Crippen LogP) is 0.864. The molecule has 2 N–H and O–H groups in total. The number of aromatic nitrogens is 2. The molecule has 0 amide bonds. The van der Waals surface area contributed by atoms with Gasteiger partial charge in [0, 0.05) is 25.7 Å². The minimum Gasteiger partial charge on any atom is -0.379 e. The average Bonchev–Trinajstić information content (AvgIpc) is 2.36. The fourth-order valence-electron chi connectivity index (χ4n) is 2.12. The summed E-state index contributed by atoms with van der Waals surface area (Å²) in [7, 11) is 0. The third-order valence-electron chi connectivity index (χ3n) is 3.00. The zero-order valence-electron chi connectivity index (χ0n) is 11.2. The van der Waals surface area contributed by atoms with E-state index in [9.17, 15) is 4.79 Å². The molecule has 2 rings (SSSR count). The van der Waals surface area contributed by atoms with Crippen LogP contribution in [-0.2, 0) is 4.74 Å². The Balaban J connectivity index is 1.98. The van der Waals surface area contributed by atoms with Gasteiger partial charge >= 0.3 is 0 Å². The number of halogens is 1. The van der Waals surface area contributed by atoms with Crippen LogP contribution in [0.4, 0.5) is 5.82 Å². The van der Waals surface area contributed by atoms with Crippen LogP contribution in [0.1, 0.15) is 12.7 Å². The molecule has 106 valence electrons. The number of ether oxygens (including phenoxy) is 1. The van der Waals surface area contributed by atoms with Crippen LogP contribution in [0.5, 0.6) is 0 Å². The van der Waals surface area contributed by atoms with E-state index in [0.29, 0.717) is 11.6 Å². The number of aryl methyl sites for hydroxylation is 1. The van der Waals surface area contributed by atoms with Crippen molar-refractivity contribution in [3.8, 4) is 0 Å².